The third-order valence-electron chi connectivity index (χ3n) is 9.53. The number of amides is 2. The van der Waals surface area contributed by atoms with Gasteiger partial charge in [0.15, 0.2) is 9.84 Å². The van der Waals surface area contributed by atoms with E-state index in [0.29, 0.717) is 5.56 Å². The Morgan fingerprint density at radius 1 is 0.731 bits per heavy atom. The van der Waals surface area contributed by atoms with Gasteiger partial charge in [-0.15, -0.1) is 0 Å². The Bertz CT molecular complexity index is 2020. The van der Waals surface area contributed by atoms with Crippen molar-refractivity contribution in [2.75, 3.05) is 45.3 Å². The molecule has 0 unspecified atom stereocenters. The maximum absolute atomic E-state index is 14.1. The summed E-state index contributed by atoms with van der Waals surface area (Å²) in [6, 6.07) is 32.9. The first-order valence-corrected chi connectivity index (χ1v) is 22.9. The van der Waals surface area contributed by atoms with Crippen molar-refractivity contribution < 1.29 is 30.9 Å². The fourth-order valence-electron chi connectivity index (χ4n) is 6.76. The van der Waals surface area contributed by atoms with E-state index in [-0.39, 0.29) is 55.0 Å². The lowest BCUT2D eigenvalue weighted by molar-refractivity contribution is -0.134. The van der Waals surface area contributed by atoms with Gasteiger partial charge < -0.3 is 14.6 Å². The van der Waals surface area contributed by atoms with Gasteiger partial charge in [-0.05, 0) is 57.2 Å². The number of sulfone groups is 1. The summed E-state index contributed by atoms with van der Waals surface area (Å²) in [6.07, 6.45) is 2.52. The fraction of sp³-hybridized carbons (Fsp3) is 0.333. The van der Waals surface area contributed by atoms with Crippen molar-refractivity contribution in [3.05, 3.63) is 115 Å². The van der Waals surface area contributed by atoms with E-state index in [2.05, 4.69) is 50.4 Å². The van der Waals surface area contributed by atoms with E-state index in [1.165, 1.54) is 4.31 Å². The predicted molar refractivity (Wildman–Crippen MR) is 207 cm³/mol. The van der Waals surface area contributed by atoms with Gasteiger partial charge in [0.1, 0.15) is 6.04 Å². The van der Waals surface area contributed by atoms with Crippen LogP contribution in [-0.4, -0.2) is 97.5 Å². The molecule has 0 radical (unpaired) electrons. The summed E-state index contributed by atoms with van der Waals surface area (Å²) < 4.78 is 56.5. The first-order chi connectivity index (χ1) is 24.5. The summed E-state index contributed by atoms with van der Waals surface area (Å²) in [5, 5.41) is 4.88. The van der Waals surface area contributed by atoms with Crippen LogP contribution >= 0.6 is 0 Å². The zero-order chi connectivity index (χ0) is 37.7. The molecule has 10 nitrogen and oxygen atoms in total. The minimum Gasteiger partial charge on any atom is -0.407 e. The molecule has 5 rings (SSSR count). The minimum atomic E-state index is -3.40. The van der Waals surface area contributed by atoms with E-state index < -0.39 is 40.1 Å². The standard InChI is InChI=1S/C39H47N3O7S2Si/c1-39(2,3)52(34-12-8-6-9-13-34,35-14-10-7-11-15-35)49-29-24-36(38(44)41-25-27-42(28-26-41)51(5,47)48)40-37(43)32-18-16-30(17-19-32)31-20-22-33(23-21-31)50(4,45)46/h6-23,36H,24-29H2,1-5H3,(H,40,43)/t36-/m0/s1. The Morgan fingerprint density at radius 2 is 1.21 bits per heavy atom. The molecule has 2 amide bonds. The molecule has 276 valence electrons. The lowest BCUT2D eigenvalue weighted by atomic mass is 10.0. The lowest BCUT2D eigenvalue weighted by Gasteiger charge is -2.43. The topological polar surface area (TPSA) is 130 Å². The molecule has 0 saturated carbocycles. The van der Waals surface area contributed by atoms with Gasteiger partial charge in [-0.3, -0.25) is 9.59 Å². The van der Waals surface area contributed by atoms with Gasteiger partial charge in [0.25, 0.3) is 14.2 Å². The lowest BCUT2D eigenvalue weighted by Crippen LogP contribution is -2.66. The molecular weight excluding hydrogens is 715 g/mol. The van der Waals surface area contributed by atoms with Crippen molar-refractivity contribution in [2.24, 2.45) is 0 Å². The third kappa shape index (κ3) is 8.89. The molecule has 4 aromatic rings. The number of hydrogen-bond acceptors (Lipinski definition) is 7. The average Bonchev–Trinajstić information content (AvgIpc) is 3.12. The number of carbonyl (C=O) groups is 2. The zero-order valence-electron chi connectivity index (χ0n) is 30.3. The Hall–Kier alpha value is -4.14. The molecule has 0 aliphatic carbocycles. The summed E-state index contributed by atoms with van der Waals surface area (Å²) in [7, 11) is -9.64. The molecule has 1 fully saturated rings. The van der Waals surface area contributed by atoms with Gasteiger partial charge in [-0.2, -0.15) is 4.31 Å². The molecule has 0 spiro atoms. The van der Waals surface area contributed by atoms with Gasteiger partial charge in [0.05, 0.1) is 11.2 Å². The first kappa shape index (κ1) is 39.1. The van der Waals surface area contributed by atoms with E-state index in [9.17, 15) is 26.4 Å². The van der Waals surface area contributed by atoms with Gasteiger partial charge in [-0.1, -0.05) is 106 Å². The van der Waals surface area contributed by atoms with Crippen molar-refractivity contribution in [2.45, 2.75) is 43.2 Å². The predicted octanol–water partition coefficient (Wildman–Crippen LogP) is 3.93. The molecule has 13 heteroatoms. The van der Waals surface area contributed by atoms with Gasteiger partial charge in [-0.25, -0.2) is 16.8 Å². The number of carbonyl (C=O) groups excluding carboxylic acids is 2. The molecule has 4 aromatic carbocycles. The minimum absolute atomic E-state index is 0.177. The first-order valence-electron chi connectivity index (χ1n) is 17.2. The van der Waals surface area contributed by atoms with Crippen LogP contribution in [0.4, 0.5) is 0 Å². The zero-order valence-corrected chi connectivity index (χ0v) is 32.9. The molecule has 1 saturated heterocycles. The molecular formula is C39H47N3O7S2Si. The highest BCUT2D eigenvalue weighted by Crippen LogP contribution is 2.37. The largest absolute Gasteiger partial charge is 0.407 e. The quantitative estimate of drug-likeness (QED) is 0.217. The Labute approximate surface area is 308 Å². The highest BCUT2D eigenvalue weighted by Gasteiger charge is 2.50. The SMILES string of the molecule is CC(C)(C)[Si](OCC[C@H](NC(=O)c1ccc(-c2ccc(S(C)(=O)=O)cc2)cc1)C(=O)N1CCN(S(C)(=O)=O)CC1)(c1ccccc1)c1ccccc1. The van der Waals surface area contributed by atoms with Crippen LogP contribution in [0.2, 0.25) is 5.04 Å². The van der Waals surface area contributed by atoms with Crippen LogP contribution in [0, 0.1) is 0 Å². The number of hydrogen-bond donors (Lipinski definition) is 1. The van der Waals surface area contributed by atoms with Crippen LogP contribution in [0.15, 0.2) is 114 Å². The second-order valence-corrected chi connectivity index (χ2v) is 22.5. The van der Waals surface area contributed by atoms with E-state index in [4.69, 9.17) is 4.43 Å². The molecule has 1 aliphatic heterocycles. The Kier molecular flexibility index (Phi) is 11.9. The number of nitrogens with zero attached hydrogens (tertiary/aromatic N) is 2. The van der Waals surface area contributed by atoms with E-state index >= 15 is 0 Å². The third-order valence-corrected chi connectivity index (χ3v) is 17.0. The molecule has 1 heterocycles. The van der Waals surface area contributed by atoms with Gasteiger partial charge in [0.2, 0.25) is 15.9 Å². The van der Waals surface area contributed by atoms with Crippen LogP contribution in [0.5, 0.6) is 0 Å². The smallest absolute Gasteiger partial charge is 0.261 e. The normalized spacial score (nSPS) is 15.2. The van der Waals surface area contributed by atoms with Crippen molar-refractivity contribution in [3.8, 4) is 11.1 Å². The Morgan fingerprint density at radius 3 is 1.65 bits per heavy atom. The van der Waals surface area contributed by atoms with Crippen LogP contribution in [0.25, 0.3) is 11.1 Å². The summed E-state index contributed by atoms with van der Waals surface area (Å²) >= 11 is 0. The van der Waals surface area contributed by atoms with Crippen LogP contribution in [0.3, 0.4) is 0 Å². The molecule has 1 N–H and O–H groups in total. The number of rotatable bonds is 12. The Balaban J connectivity index is 1.39. The maximum atomic E-state index is 14.1. The molecule has 1 aliphatic rings. The van der Waals surface area contributed by atoms with E-state index in [1.54, 1.807) is 53.4 Å². The number of piperazine rings is 1. The highest BCUT2D eigenvalue weighted by molar-refractivity contribution is 7.90. The monoisotopic (exact) mass is 761 g/mol. The van der Waals surface area contributed by atoms with Crippen LogP contribution in [-0.2, 0) is 29.1 Å². The summed E-state index contributed by atoms with van der Waals surface area (Å²) in [5.41, 5.74) is 1.94. The maximum Gasteiger partial charge on any atom is 0.261 e. The number of sulfonamides is 1. The van der Waals surface area contributed by atoms with Crippen molar-refractivity contribution in [3.63, 3.8) is 0 Å². The van der Waals surface area contributed by atoms with Crippen LogP contribution in [0.1, 0.15) is 37.6 Å². The second kappa shape index (κ2) is 15.8. The fourth-order valence-corrected chi connectivity index (χ4v) is 12.8. The summed E-state index contributed by atoms with van der Waals surface area (Å²) in [5.74, 6) is -0.729. The number of benzene rings is 4. The summed E-state index contributed by atoms with van der Waals surface area (Å²) in [4.78, 5) is 29.7. The number of nitrogens with one attached hydrogen (secondary N) is 1. The summed E-state index contributed by atoms with van der Waals surface area (Å²) in [6.45, 7) is 7.49. The molecule has 0 bridgehead atoms. The van der Waals surface area contributed by atoms with E-state index in [0.717, 1.165) is 34.0 Å². The molecule has 0 aromatic heterocycles. The molecule has 1 atom stereocenters. The van der Waals surface area contributed by atoms with E-state index in [1.807, 2.05) is 36.4 Å². The molecule has 52 heavy (non-hydrogen) atoms. The van der Waals surface area contributed by atoms with Gasteiger partial charge in [0, 0.05) is 44.6 Å². The highest BCUT2D eigenvalue weighted by atomic mass is 32.2. The van der Waals surface area contributed by atoms with Gasteiger partial charge >= 0.3 is 0 Å². The van der Waals surface area contributed by atoms with Crippen molar-refractivity contribution >= 4 is 50.4 Å². The van der Waals surface area contributed by atoms with Crippen molar-refractivity contribution in [1.29, 1.82) is 0 Å². The van der Waals surface area contributed by atoms with Crippen LogP contribution < -0.4 is 15.7 Å². The average molecular weight is 762 g/mol. The van der Waals surface area contributed by atoms with Crippen molar-refractivity contribution in [1.82, 2.24) is 14.5 Å². The second-order valence-electron chi connectivity index (χ2n) is 14.2.